The molecule has 1 aromatic heterocycles. The van der Waals surface area contributed by atoms with Crippen LogP contribution in [0.15, 0.2) is 42.7 Å². The summed E-state index contributed by atoms with van der Waals surface area (Å²) < 4.78 is 0. The average molecular weight is 305 g/mol. The van der Waals surface area contributed by atoms with Gasteiger partial charge in [-0.25, -0.2) is 0 Å². The van der Waals surface area contributed by atoms with Gasteiger partial charge >= 0.3 is 0 Å². The molecule has 0 unspecified atom stereocenters. The summed E-state index contributed by atoms with van der Waals surface area (Å²) in [7, 11) is 0. The van der Waals surface area contributed by atoms with Crippen molar-refractivity contribution in [3.63, 3.8) is 0 Å². The second-order valence-corrected chi connectivity index (χ2v) is 8.14. The lowest BCUT2D eigenvalue weighted by atomic mass is 9.63. The van der Waals surface area contributed by atoms with Crippen LogP contribution in [-0.2, 0) is 10.8 Å². The third-order valence-corrected chi connectivity index (χ3v) is 5.38. The number of fused-ring (bicyclic) bond motifs is 1. The molecule has 0 saturated heterocycles. The van der Waals surface area contributed by atoms with Crippen LogP contribution in [0.2, 0.25) is 0 Å². The van der Waals surface area contributed by atoms with Crippen molar-refractivity contribution in [1.29, 1.82) is 0 Å². The first-order valence-corrected chi connectivity index (χ1v) is 8.53. The standard InChI is InChI=1S/C22H27N/c1-16(13-17-7-6-12-23-15-17)18-8-9-19-20(14-18)22(4,5)11-10-21(19,2)3/h6-9,12-15H,10-11H2,1-5H3/b16-13-. The molecule has 0 fully saturated rings. The van der Waals surface area contributed by atoms with Crippen molar-refractivity contribution < 1.29 is 0 Å². The van der Waals surface area contributed by atoms with Crippen LogP contribution in [0.25, 0.3) is 11.6 Å². The van der Waals surface area contributed by atoms with Gasteiger partial charge in [0, 0.05) is 12.4 Å². The summed E-state index contributed by atoms with van der Waals surface area (Å²) in [5.41, 5.74) is 7.34. The lowest BCUT2D eigenvalue weighted by Crippen LogP contribution is -2.33. The average Bonchev–Trinajstić information content (AvgIpc) is 2.52. The van der Waals surface area contributed by atoms with E-state index in [0.29, 0.717) is 0 Å². The minimum absolute atomic E-state index is 0.259. The normalized spacial score (nSPS) is 19.3. The summed E-state index contributed by atoms with van der Waals surface area (Å²) in [6, 6.07) is 11.1. The van der Waals surface area contributed by atoms with Gasteiger partial charge in [-0.2, -0.15) is 0 Å². The first-order valence-electron chi connectivity index (χ1n) is 8.53. The van der Waals surface area contributed by atoms with E-state index >= 15 is 0 Å². The molecule has 0 radical (unpaired) electrons. The van der Waals surface area contributed by atoms with Gasteiger partial charge in [0.2, 0.25) is 0 Å². The Hall–Kier alpha value is -1.89. The smallest absolute Gasteiger partial charge is 0.0340 e. The van der Waals surface area contributed by atoms with Crippen LogP contribution in [0.3, 0.4) is 0 Å². The third kappa shape index (κ3) is 3.10. The number of allylic oxidation sites excluding steroid dienone is 1. The Labute approximate surface area is 140 Å². The molecule has 1 aliphatic carbocycles. The van der Waals surface area contributed by atoms with Crippen molar-refractivity contribution in [3.05, 3.63) is 65.0 Å². The molecule has 0 atom stereocenters. The summed E-state index contributed by atoms with van der Waals surface area (Å²) in [4.78, 5) is 4.20. The number of hydrogen-bond donors (Lipinski definition) is 0. The number of rotatable bonds is 2. The van der Waals surface area contributed by atoms with Crippen LogP contribution < -0.4 is 0 Å². The van der Waals surface area contributed by atoms with E-state index in [4.69, 9.17) is 0 Å². The van der Waals surface area contributed by atoms with Gasteiger partial charge in [-0.3, -0.25) is 4.98 Å². The Morgan fingerprint density at radius 2 is 1.70 bits per heavy atom. The monoisotopic (exact) mass is 305 g/mol. The van der Waals surface area contributed by atoms with Crippen LogP contribution in [0.5, 0.6) is 0 Å². The summed E-state index contributed by atoms with van der Waals surface area (Å²) in [6.07, 6.45) is 8.46. The Morgan fingerprint density at radius 3 is 2.35 bits per heavy atom. The molecule has 3 rings (SSSR count). The van der Waals surface area contributed by atoms with Crippen molar-refractivity contribution in [3.8, 4) is 0 Å². The minimum Gasteiger partial charge on any atom is -0.264 e. The Balaban J connectivity index is 2.05. The highest BCUT2D eigenvalue weighted by Gasteiger charge is 2.36. The van der Waals surface area contributed by atoms with E-state index in [1.165, 1.54) is 35.1 Å². The molecule has 0 amide bonds. The number of aromatic nitrogens is 1. The van der Waals surface area contributed by atoms with Gasteiger partial charge < -0.3 is 0 Å². The van der Waals surface area contributed by atoms with Crippen LogP contribution in [0, 0.1) is 0 Å². The van der Waals surface area contributed by atoms with Crippen LogP contribution in [0.4, 0.5) is 0 Å². The fraction of sp³-hybridized carbons (Fsp3) is 0.409. The highest BCUT2D eigenvalue weighted by atomic mass is 14.6. The molecule has 0 aliphatic heterocycles. The van der Waals surface area contributed by atoms with Crippen molar-refractivity contribution in [2.75, 3.05) is 0 Å². The van der Waals surface area contributed by atoms with Crippen molar-refractivity contribution >= 4 is 11.6 Å². The van der Waals surface area contributed by atoms with Gasteiger partial charge in [0.1, 0.15) is 0 Å². The Kier molecular flexibility index (Phi) is 3.91. The maximum Gasteiger partial charge on any atom is 0.0340 e. The molecule has 1 heterocycles. The molecule has 0 N–H and O–H groups in total. The highest BCUT2D eigenvalue weighted by molar-refractivity contribution is 5.80. The van der Waals surface area contributed by atoms with Crippen molar-refractivity contribution in [2.45, 2.75) is 58.3 Å². The van der Waals surface area contributed by atoms with E-state index in [0.717, 1.165) is 5.56 Å². The topological polar surface area (TPSA) is 12.9 Å². The van der Waals surface area contributed by atoms with Gasteiger partial charge in [-0.15, -0.1) is 0 Å². The molecular formula is C22H27N. The molecule has 0 spiro atoms. The quantitative estimate of drug-likeness (QED) is 0.664. The van der Waals surface area contributed by atoms with Gasteiger partial charge in [0.05, 0.1) is 0 Å². The molecule has 0 bridgehead atoms. The second kappa shape index (κ2) is 5.63. The molecule has 1 aromatic carbocycles. The number of hydrogen-bond acceptors (Lipinski definition) is 1. The predicted octanol–water partition coefficient (Wildman–Crippen LogP) is 5.99. The first kappa shape index (κ1) is 16.0. The third-order valence-electron chi connectivity index (χ3n) is 5.38. The zero-order valence-electron chi connectivity index (χ0n) is 15.0. The van der Waals surface area contributed by atoms with Gasteiger partial charge in [0.25, 0.3) is 0 Å². The van der Waals surface area contributed by atoms with E-state index < -0.39 is 0 Å². The van der Waals surface area contributed by atoms with Gasteiger partial charge in [-0.1, -0.05) is 52.0 Å². The van der Waals surface area contributed by atoms with Crippen LogP contribution in [0.1, 0.15) is 69.7 Å². The maximum atomic E-state index is 4.20. The Morgan fingerprint density at radius 1 is 1.00 bits per heavy atom. The van der Waals surface area contributed by atoms with Gasteiger partial charge in [0.15, 0.2) is 0 Å². The lowest BCUT2D eigenvalue weighted by Gasteiger charge is -2.42. The fourth-order valence-corrected chi connectivity index (χ4v) is 3.63. The number of benzene rings is 1. The molecule has 23 heavy (non-hydrogen) atoms. The first-order chi connectivity index (χ1) is 10.8. The molecule has 1 nitrogen and oxygen atoms in total. The molecule has 1 heteroatoms. The summed E-state index contributed by atoms with van der Waals surface area (Å²) in [5.74, 6) is 0. The molecule has 120 valence electrons. The van der Waals surface area contributed by atoms with E-state index in [1.807, 2.05) is 18.5 Å². The number of pyridine rings is 1. The largest absolute Gasteiger partial charge is 0.264 e. The highest BCUT2D eigenvalue weighted by Crippen LogP contribution is 2.46. The van der Waals surface area contributed by atoms with E-state index in [9.17, 15) is 0 Å². The Bertz CT molecular complexity index is 736. The summed E-state index contributed by atoms with van der Waals surface area (Å²) >= 11 is 0. The molecular weight excluding hydrogens is 278 g/mol. The van der Waals surface area contributed by atoms with Crippen molar-refractivity contribution in [2.24, 2.45) is 0 Å². The molecule has 0 saturated carbocycles. The number of nitrogens with zero attached hydrogens (tertiary/aromatic N) is 1. The SMILES string of the molecule is C/C(=C/c1cccnc1)c1ccc2c(c1)C(C)(C)CCC2(C)C. The summed E-state index contributed by atoms with van der Waals surface area (Å²) in [5, 5.41) is 0. The van der Waals surface area contributed by atoms with Crippen molar-refractivity contribution in [1.82, 2.24) is 4.98 Å². The van der Waals surface area contributed by atoms with Gasteiger partial charge in [-0.05, 0) is 70.6 Å². The predicted molar refractivity (Wildman–Crippen MR) is 99.5 cm³/mol. The fourth-order valence-electron chi connectivity index (χ4n) is 3.63. The van der Waals surface area contributed by atoms with E-state index in [1.54, 1.807) is 0 Å². The zero-order valence-corrected chi connectivity index (χ0v) is 15.0. The van der Waals surface area contributed by atoms with Crippen LogP contribution in [-0.4, -0.2) is 4.98 Å². The molecule has 2 aromatic rings. The lowest BCUT2D eigenvalue weighted by molar-refractivity contribution is 0.332. The second-order valence-electron chi connectivity index (χ2n) is 8.14. The minimum atomic E-state index is 0.259. The van der Waals surface area contributed by atoms with Crippen LogP contribution >= 0.6 is 0 Å². The maximum absolute atomic E-state index is 4.20. The zero-order chi connectivity index (χ0) is 16.7. The summed E-state index contributed by atoms with van der Waals surface area (Å²) in [6.45, 7) is 11.7. The van der Waals surface area contributed by atoms with E-state index in [-0.39, 0.29) is 10.8 Å². The van der Waals surface area contributed by atoms with E-state index in [2.05, 4.69) is 69.9 Å². The molecule has 1 aliphatic rings.